The molecule has 12 aromatic rings. The zero-order valence-corrected chi connectivity index (χ0v) is 30.6. The van der Waals surface area contributed by atoms with Crippen LogP contribution in [0.15, 0.2) is 174 Å². The minimum absolute atomic E-state index is 0.598. The predicted molar refractivity (Wildman–Crippen MR) is 232 cm³/mol. The largest absolute Gasteiger partial charge is 0.456 e. The fourth-order valence-electron chi connectivity index (χ4n) is 8.31. The van der Waals surface area contributed by atoms with E-state index in [4.69, 9.17) is 24.4 Å². The van der Waals surface area contributed by atoms with E-state index in [0.29, 0.717) is 17.5 Å². The number of rotatable bonds is 4. The van der Waals surface area contributed by atoms with E-state index in [1.165, 1.54) is 20.2 Å². The third kappa shape index (κ3) is 4.79. The van der Waals surface area contributed by atoms with Crippen LogP contribution in [0.1, 0.15) is 0 Å². The van der Waals surface area contributed by atoms with Gasteiger partial charge in [-0.15, -0.1) is 11.3 Å². The van der Waals surface area contributed by atoms with Crippen molar-refractivity contribution in [2.45, 2.75) is 0 Å². The monoisotopic (exact) mass is 732 g/mol. The van der Waals surface area contributed by atoms with Crippen LogP contribution in [0.5, 0.6) is 0 Å². The molecule has 0 aliphatic heterocycles. The van der Waals surface area contributed by atoms with Gasteiger partial charge in [-0.1, -0.05) is 115 Å². The number of para-hydroxylation sites is 1. The van der Waals surface area contributed by atoms with E-state index in [0.717, 1.165) is 82.3 Å². The molecule has 0 aliphatic rings. The zero-order chi connectivity index (χ0) is 36.7. The van der Waals surface area contributed by atoms with Crippen molar-refractivity contribution in [3.05, 3.63) is 170 Å². The molecule has 5 nitrogen and oxygen atoms in total. The molecule has 0 bridgehead atoms. The van der Waals surface area contributed by atoms with Crippen LogP contribution in [0, 0.1) is 0 Å². The van der Waals surface area contributed by atoms with Gasteiger partial charge in [-0.25, -0.2) is 19.9 Å². The van der Waals surface area contributed by atoms with Crippen LogP contribution in [0.25, 0.3) is 120 Å². The van der Waals surface area contributed by atoms with Crippen molar-refractivity contribution in [3.8, 4) is 45.4 Å². The number of nitrogens with zero attached hydrogens (tertiary/aromatic N) is 4. The lowest BCUT2D eigenvalue weighted by Gasteiger charge is -2.13. The summed E-state index contributed by atoms with van der Waals surface area (Å²) < 4.78 is 8.87. The molecule has 0 atom stereocenters. The second-order valence-electron chi connectivity index (χ2n) is 14.2. The maximum Gasteiger partial charge on any atom is 0.164 e. The summed E-state index contributed by atoms with van der Waals surface area (Å²) in [5, 5.41) is 9.97. The van der Waals surface area contributed by atoms with E-state index in [-0.39, 0.29) is 0 Å². The average Bonchev–Trinajstić information content (AvgIpc) is 3.84. The third-order valence-corrected chi connectivity index (χ3v) is 12.0. The zero-order valence-electron chi connectivity index (χ0n) is 29.8. The Bertz CT molecular complexity index is 3550. The number of fused-ring (bicyclic) bond motifs is 11. The fraction of sp³-hybridized carbons (Fsp3) is 0. The molecule has 4 aromatic heterocycles. The summed E-state index contributed by atoms with van der Waals surface area (Å²) in [5.74, 6) is 1.86. The van der Waals surface area contributed by atoms with Gasteiger partial charge in [0.25, 0.3) is 0 Å². The molecule has 0 spiro atoms. The number of benzene rings is 8. The van der Waals surface area contributed by atoms with Crippen molar-refractivity contribution in [1.82, 2.24) is 19.9 Å². The van der Waals surface area contributed by atoms with Gasteiger partial charge in [-0.3, -0.25) is 0 Å². The number of furan rings is 1. The van der Waals surface area contributed by atoms with Crippen molar-refractivity contribution in [3.63, 3.8) is 0 Å². The first-order valence-electron chi connectivity index (χ1n) is 18.6. The van der Waals surface area contributed by atoms with Crippen molar-refractivity contribution >= 4 is 85.9 Å². The molecular formula is C50H28N4OS. The molecule has 8 aromatic carbocycles. The summed E-state index contributed by atoms with van der Waals surface area (Å²) in [6.07, 6.45) is 0. The second-order valence-corrected chi connectivity index (χ2v) is 15.2. The van der Waals surface area contributed by atoms with Crippen LogP contribution in [-0.4, -0.2) is 19.9 Å². The first-order valence-corrected chi connectivity index (χ1v) is 19.4. The summed E-state index contributed by atoms with van der Waals surface area (Å²) in [6, 6.07) is 59.1. The maximum atomic E-state index is 6.44. The summed E-state index contributed by atoms with van der Waals surface area (Å²) in [5.41, 5.74) is 7.38. The Hall–Kier alpha value is -7.28. The molecular weight excluding hydrogens is 705 g/mol. The average molecular weight is 733 g/mol. The molecule has 260 valence electrons. The van der Waals surface area contributed by atoms with Gasteiger partial charge in [0.1, 0.15) is 11.2 Å². The molecule has 6 heteroatoms. The number of thiophene rings is 1. The maximum absolute atomic E-state index is 6.44. The highest BCUT2D eigenvalue weighted by Crippen LogP contribution is 2.43. The Morgan fingerprint density at radius 2 is 1.09 bits per heavy atom. The summed E-state index contributed by atoms with van der Waals surface area (Å²) in [6.45, 7) is 0. The van der Waals surface area contributed by atoms with E-state index in [9.17, 15) is 0 Å². The van der Waals surface area contributed by atoms with E-state index in [1.54, 1.807) is 11.3 Å². The third-order valence-electron chi connectivity index (χ3n) is 10.9. The number of pyridine rings is 1. The van der Waals surface area contributed by atoms with Crippen LogP contribution in [0.2, 0.25) is 0 Å². The van der Waals surface area contributed by atoms with Gasteiger partial charge in [-0.05, 0) is 65.4 Å². The van der Waals surface area contributed by atoms with Crippen LogP contribution >= 0.6 is 11.3 Å². The van der Waals surface area contributed by atoms with Crippen LogP contribution in [-0.2, 0) is 0 Å². The van der Waals surface area contributed by atoms with Gasteiger partial charge in [0.05, 0.1) is 11.2 Å². The second kappa shape index (κ2) is 12.1. The van der Waals surface area contributed by atoms with Gasteiger partial charge in [0, 0.05) is 69.4 Å². The Kier molecular flexibility index (Phi) is 6.73. The molecule has 0 fully saturated rings. The molecule has 0 radical (unpaired) electrons. The highest BCUT2D eigenvalue weighted by Gasteiger charge is 2.20. The molecule has 0 saturated carbocycles. The number of hydrogen-bond acceptors (Lipinski definition) is 6. The van der Waals surface area contributed by atoms with E-state index < -0.39 is 0 Å². The lowest BCUT2D eigenvalue weighted by atomic mass is 9.95. The Labute approximate surface area is 324 Å². The lowest BCUT2D eigenvalue weighted by molar-refractivity contribution is 0.669. The minimum atomic E-state index is 0.598. The fourth-order valence-corrected chi connectivity index (χ4v) is 9.44. The van der Waals surface area contributed by atoms with Crippen LogP contribution in [0.4, 0.5) is 0 Å². The predicted octanol–water partition coefficient (Wildman–Crippen LogP) is 13.7. The van der Waals surface area contributed by atoms with Crippen molar-refractivity contribution in [1.29, 1.82) is 0 Å². The van der Waals surface area contributed by atoms with Gasteiger partial charge in [0.15, 0.2) is 17.5 Å². The van der Waals surface area contributed by atoms with E-state index in [1.807, 2.05) is 18.2 Å². The molecule has 0 amide bonds. The van der Waals surface area contributed by atoms with Crippen molar-refractivity contribution < 1.29 is 4.42 Å². The summed E-state index contributed by atoms with van der Waals surface area (Å²) in [4.78, 5) is 21.1. The molecule has 0 N–H and O–H groups in total. The molecule has 4 heterocycles. The summed E-state index contributed by atoms with van der Waals surface area (Å²) in [7, 11) is 0. The minimum Gasteiger partial charge on any atom is -0.456 e. The van der Waals surface area contributed by atoms with Crippen molar-refractivity contribution in [2.24, 2.45) is 0 Å². The molecule has 0 unspecified atom stereocenters. The first-order chi connectivity index (χ1) is 27.7. The van der Waals surface area contributed by atoms with E-state index >= 15 is 0 Å². The lowest BCUT2D eigenvalue weighted by Crippen LogP contribution is -2.01. The van der Waals surface area contributed by atoms with E-state index in [2.05, 4.69) is 152 Å². The molecule has 0 aliphatic carbocycles. The van der Waals surface area contributed by atoms with Crippen LogP contribution in [0.3, 0.4) is 0 Å². The van der Waals surface area contributed by atoms with Crippen LogP contribution < -0.4 is 0 Å². The van der Waals surface area contributed by atoms with Gasteiger partial charge in [0.2, 0.25) is 0 Å². The van der Waals surface area contributed by atoms with Gasteiger partial charge in [-0.2, -0.15) is 0 Å². The highest BCUT2D eigenvalue weighted by atomic mass is 32.1. The van der Waals surface area contributed by atoms with Gasteiger partial charge < -0.3 is 4.42 Å². The quantitative estimate of drug-likeness (QED) is 0.169. The number of hydrogen-bond donors (Lipinski definition) is 0. The molecule has 12 rings (SSSR count). The van der Waals surface area contributed by atoms with Crippen molar-refractivity contribution in [2.75, 3.05) is 0 Å². The molecule has 0 saturated heterocycles. The Morgan fingerprint density at radius 3 is 1.98 bits per heavy atom. The SMILES string of the molecule is c1ccc(-c2nc3ccc(-c4nc(-c5ccc6ccccc6c5)nc(-c5cccc6sc7ccccc7c56)n4)cc3c3c2ccc2oc4ccccc4c23)cc1. The topological polar surface area (TPSA) is 64.7 Å². The normalized spacial score (nSPS) is 11.9. The smallest absolute Gasteiger partial charge is 0.164 e. The Morgan fingerprint density at radius 1 is 0.375 bits per heavy atom. The molecule has 56 heavy (non-hydrogen) atoms. The standard InChI is InChI=1S/C50H28N4OS/c1-2-12-30(13-3-1)47-36-24-26-41-46(34-15-6-8-18-40(34)55-41)45(36)38-28-33(23-25-39(38)51-47)49-52-48(32-22-21-29-11-4-5-14-31(29)27-32)53-50(54-49)37-17-10-20-43-44(37)35-16-7-9-19-42(35)56-43/h1-28H. The number of aromatic nitrogens is 4. The summed E-state index contributed by atoms with van der Waals surface area (Å²) >= 11 is 1.79. The van der Waals surface area contributed by atoms with Gasteiger partial charge >= 0.3 is 0 Å². The highest BCUT2D eigenvalue weighted by molar-refractivity contribution is 7.25. The Balaban J connectivity index is 1.15. The first kappa shape index (κ1) is 31.1.